The summed E-state index contributed by atoms with van der Waals surface area (Å²) < 4.78 is 5.15. The van der Waals surface area contributed by atoms with Crippen LogP contribution in [0.25, 0.3) is 0 Å². The van der Waals surface area contributed by atoms with Gasteiger partial charge in [0.05, 0.1) is 0 Å². The van der Waals surface area contributed by atoms with Gasteiger partial charge in [0.1, 0.15) is 0 Å². The summed E-state index contributed by atoms with van der Waals surface area (Å²) in [6.07, 6.45) is -0.154. The molecule has 0 heterocycles. The number of carboxylic acid groups (broad SMARTS) is 1. The molecule has 0 spiro atoms. The van der Waals surface area contributed by atoms with Crippen molar-refractivity contribution in [2.24, 2.45) is 0 Å². The van der Waals surface area contributed by atoms with Crippen LogP contribution in [0.4, 0.5) is 0 Å². The summed E-state index contributed by atoms with van der Waals surface area (Å²) in [6.45, 7) is 4.29. The summed E-state index contributed by atoms with van der Waals surface area (Å²) >= 11 is 1.66. The maximum absolute atomic E-state index is 10.9. The number of benzene rings is 1. The van der Waals surface area contributed by atoms with Gasteiger partial charge in [0, 0.05) is 17.3 Å². The molecule has 0 saturated carbocycles. The Balaban J connectivity index is 2.38. The van der Waals surface area contributed by atoms with Crippen LogP contribution in [0.2, 0.25) is 0 Å². The quantitative estimate of drug-likeness (QED) is 0.760. The molecule has 4 heteroatoms. The van der Waals surface area contributed by atoms with Crippen molar-refractivity contribution in [3.05, 3.63) is 29.8 Å². The van der Waals surface area contributed by atoms with E-state index in [1.165, 1.54) is 10.5 Å². The minimum absolute atomic E-state index is 0.437. The largest absolute Gasteiger partial charge is 0.479 e. The Labute approximate surface area is 106 Å². The predicted molar refractivity (Wildman–Crippen MR) is 69.6 cm³/mol. The van der Waals surface area contributed by atoms with Gasteiger partial charge in [-0.2, -0.15) is 0 Å². The van der Waals surface area contributed by atoms with Crippen LogP contribution in [0.3, 0.4) is 0 Å². The summed E-state index contributed by atoms with van der Waals surface area (Å²) in [5.74, 6) is -0.128. The summed E-state index contributed by atoms with van der Waals surface area (Å²) in [6, 6.07) is 8.19. The average molecular weight is 254 g/mol. The number of rotatable bonds is 7. The van der Waals surface area contributed by atoms with Crippen LogP contribution in [0.1, 0.15) is 18.9 Å². The molecule has 3 nitrogen and oxygen atoms in total. The van der Waals surface area contributed by atoms with Gasteiger partial charge in [-0.05, 0) is 32.4 Å². The van der Waals surface area contributed by atoms with Gasteiger partial charge >= 0.3 is 5.97 Å². The third kappa shape index (κ3) is 5.24. The van der Waals surface area contributed by atoms with E-state index >= 15 is 0 Å². The van der Waals surface area contributed by atoms with Crippen molar-refractivity contribution in [2.45, 2.75) is 31.3 Å². The van der Waals surface area contributed by atoms with E-state index in [2.05, 4.69) is 6.07 Å². The van der Waals surface area contributed by atoms with Crippen LogP contribution in [-0.4, -0.2) is 29.5 Å². The fourth-order valence-corrected chi connectivity index (χ4v) is 2.48. The minimum Gasteiger partial charge on any atom is -0.479 e. The summed E-state index contributed by atoms with van der Waals surface area (Å²) in [7, 11) is 0. The molecule has 0 fully saturated rings. The highest BCUT2D eigenvalue weighted by Crippen LogP contribution is 2.20. The van der Waals surface area contributed by atoms with E-state index < -0.39 is 12.1 Å². The molecule has 1 aromatic rings. The highest BCUT2D eigenvalue weighted by molar-refractivity contribution is 7.99. The molecule has 1 rings (SSSR count). The van der Waals surface area contributed by atoms with Gasteiger partial charge < -0.3 is 9.84 Å². The lowest BCUT2D eigenvalue weighted by Crippen LogP contribution is -2.24. The number of aryl methyl sites for hydroxylation is 1. The molecule has 1 aromatic carbocycles. The Morgan fingerprint density at radius 3 is 2.88 bits per heavy atom. The van der Waals surface area contributed by atoms with Gasteiger partial charge in [-0.3, -0.25) is 0 Å². The number of carbonyl (C=O) groups is 1. The van der Waals surface area contributed by atoms with Crippen molar-refractivity contribution < 1.29 is 14.6 Å². The van der Waals surface area contributed by atoms with Crippen LogP contribution >= 0.6 is 11.8 Å². The minimum atomic E-state index is -0.878. The third-order valence-electron chi connectivity index (χ3n) is 2.28. The Kier molecular flexibility index (Phi) is 6.08. The average Bonchev–Trinajstić information content (AvgIpc) is 2.28. The molecule has 94 valence electrons. The second-order valence-electron chi connectivity index (χ2n) is 3.74. The first kappa shape index (κ1) is 14.1. The number of hydrogen-bond acceptors (Lipinski definition) is 3. The molecule has 0 saturated heterocycles. The molecular weight excluding hydrogens is 236 g/mol. The van der Waals surface area contributed by atoms with Crippen molar-refractivity contribution in [3.8, 4) is 0 Å². The summed E-state index contributed by atoms with van der Waals surface area (Å²) in [5.41, 5.74) is 1.22. The zero-order chi connectivity index (χ0) is 12.7. The van der Waals surface area contributed by atoms with E-state index in [-0.39, 0.29) is 0 Å². The van der Waals surface area contributed by atoms with E-state index in [0.717, 1.165) is 5.75 Å². The van der Waals surface area contributed by atoms with Crippen LogP contribution < -0.4 is 0 Å². The number of ether oxygens (including phenoxy) is 1. The predicted octanol–water partition coefficient (Wildman–Crippen LogP) is 2.97. The van der Waals surface area contributed by atoms with Gasteiger partial charge in [-0.25, -0.2) is 4.79 Å². The van der Waals surface area contributed by atoms with Crippen molar-refractivity contribution >= 4 is 17.7 Å². The number of hydrogen-bond donors (Lipinski definition) is 1. The maximum Gasteiger partial charge on any atom is 0.332 e. The van der Waals surface area contributed by atoms with Gasteiger partial charge in [-0.15, -0.1) is 11.8 Å². The molecule has 0 aliphatic heterocycles. The van der Waals surface area contributed by atoms with Crippen LogP contribution in [0.5, 0.6) is 0 Å². The molecule has 0 radical (unpaired) electrons. The summed E-state index contributed by atoms with van der Waals surface area (Å²) in [5, 5.41) is 8.91. The molecule has 0 aliphatic carbocycles. The normalized spacial score (nSPS) is 12.4. The molecule has 1 N–H and O–H groups in total. The first-order valence-electron chi connectivity index (χ1n) is 5.67. The van der Waals surface area contributed by atoms with Crippen molar-refractivity contribution in [1.29, 1.82) is 0 Å². The summed E-state index contributed by atoms with van der Waals surface area (Å²) in [4.78, 5) is 12.0. The second-order valence-corrected chi connectivity index (χ2v) is 4.90. The van der Waals surface area contributed by atoms with Crippen molar-refractivity contribution in [2.75, 3.05) is 12.4 Å². The van der Waals surface area contributed by atoms with E-state index in [1.54, 1.807) is 11.8 Å². The number of aliphatic carboxylic acids is 1. The second kappa shape index (κ2) is 7.35. The topological polar surface area (TPSA) is 46.5 Å². The molecule has 0 aliphatic rings. The fraction of sp³-hybridized carbons (Fsp3) is 0.462. The molecule has 0 aromatic heterocycles. The van der Waals surface area contributed by atoms with Crippen LogP contribution in [0.15, 0.2) is 29.2 Å². The SMILES string of the molecule is CCOC(CCSc1cccc(C)c1)C(=O)O. The Bertz CT molecular complexity index is 365. The fourth-order valence-electron chi connectivity index (χ4n) is 1.47. The van der Waals surface area contributed by atoms with Crippen LogP contribution in [-0.2, 0) is 9.53 Å². The first-order valence-corrected chi connectivity index (χ1v) is 6.66. The Hall–Kier alpha value is -1.00. The first-order chi connectivity index (χ1) is 8.13. The van der Waals surface area contributed by atoms with Gasteiger partial charge in [0.2, 0.25) is 0 Å². The molecule has 0 amide bonds. The zero-order valence-corrected chi connectivity index (χ0v) is 11.0. The highest BCUT2D eigenvalue weighted by atomic mass is 32.2. The lowest BCUT2D eigenvalue weighted by molar-refractivity contribution is -0.150. The number of thioether (sulfide) groups is 1. The van der Waals surface area contributed by atoms with Crippen molar-refractivity contribution in [1.82, 2.24) is 0 Å². The lowest BCUT2D eigenvalue weighted by atomic mass is 10.2. The molecule has 1 atom stereocenters. The standard InChI is InChI=1S/C13H18O3S/c1-3-16-12(13(14)15)7-8-17-11-6-4-5-10(2)9-11/h4-6,9,12H,3,7-8H2,1-2H3,(H,14,15). The smallest absolute Gasteiger partial charge is 0.332 e. The van der Waals surface area contributed by atoms with E-state index in [0.29, 0.717) is 13.0 Å². The van der Waals surface area contributed by atoms with Gasteiger partial charge in [0.25, 0.3) is 0 Å². The molecule has 17 heavy (non-hydrogen) atoms. The third-order valence-corrected chi connectivity index (χ3v) is 3.31. The van der Waals surface area contributed by atoms with E-state index in [1.807, 2.05) is 32.0 Å². The maximum atomic E-state index is 10.9. The lowest BCUT2D eigenvalue weighted by Gasteiger charge is -2.11. The number of carboxylic acids is 1. The molecule has 0 bridgehead atoms. The van der Waals surface area contributed by atoms with E-state index in [4.69, 9.17) is 9.84 Å². The van der Waals surface area contributed by atoms with Crippen LogP contribution in [0, 0.1) is 6.92 Å². The van der Waals surface area contributed by atoms with Gasteiger partial charge in [0.15, 0.2) is 6.10 Å². The van der Waals surface area contributed by atoms with Gasteiger partial charge in [-0.1, -0.05) is 17.7 Å². The monoisotopic (exact) mass is 254 g/mol. The van der Waals surface area contributed by atoms with E-state index in [9.17, 15) is 4.79 Å². The molecular formula is C13H18O3S. The highest BCUT2D eigenvalue weighted by Gasteiger charge is 2.16. The zero-order valence-electron chi connectivity index (χ0n) is 10.2. The molecule has 1 unspecified atom stereocenters. The van der Waals surface area contributed by atoms with Crippen molar-refractivity contribution in [3.63, 3.8) is 0 Å². The Morgan fingerprint density at radius 2 is 2.29 bits per heavy atom. The Morgan fingerprint density at radius 1 is 1.53 bits per heavy atom.